The molecule has 23 heavy (non-hydrogen) atoms. The molecule has 1 aromatic heterocycles. The Bertz CT molecular complexity index is 388. The summed E-state index contributed by atoms with van der Waals surface area (Å²) < 4.78 is 5.02. The van der Waals surface area contributed by atoms with Gasteiger partial charge < -0.3 is 15.2 Å². The highest BCUT2D eigenvalue weighted by Gasteiger charge is 2.06. The second kappa shape index (κ2) is 13.8. The van der Waals surface area contributed by atoms with E-state index in [0.29, 0.717) is 19.7 Å². The van der Waals surface area contributed by atoms with E-state index in [2.05, 4.69) is 22.4 Å². The Hall–Kier alpha value is -0.560. The second-order valence-corrected chi connectivity index (χ2v) is 7.22. The predicted molar refractivity (Wildman–Crippen MR) is 95.6 cm³/mol. The van der Waals surface area contributed by atoms with E-state index in [0.717, 1.165) is 22.9 Å². The van der Waals surface area contributed by atoms with Crippen LogP contribution in [-0.4, -0.2) is 35.1 Å². The summed E-state index contributed by atoms with van der Waals surface area (Å²) in [5, 5.41) is 23.2. The van der Waals surface area contributed by atoms with E-state index in [4.69, 9.17) is 4.74 Å². The molecule has 0 saturated carbocycles. The molecule has 0 aliphatic heterocycles. The first-order chi connectivity index (χ1) is 11.3. The Labute approximate surface area is 144 Å². The van der Waals surface area contributed by atoms with Gasteiger partial charge in [0.15, 0.2) is 0 Å². The number of hydrogen-bond donors (Lipinski definition) is 2. The maximum Gasteiger partial charge on any atom is 0.143 e. The second-order valence-electron chi connectivity index (χ2n) is 6.07. The van der Waals surface area contributed by atoms with Gasteiger partial charge in [0.1, 0.15) is 10.0 Å². The van der Waals surface area contributed by atoms with Gasteiger partial charge in [-0.2, -0.15) is 0 Å². The van der Waals surface area contributed by atoms with Crippen molar-refractivity contribution < 1.29 is 9.84 Å². The summed E-state index contributed by atoms with van der Waals surface area (Å²) in [4.78, 5) is 0. The number of unbranched alkanes of at least 4 members (excludes halogenated alkanes) is 7. The van der Waals surface area contributed by atoms with Gasteiger partial charge in [-0.25, -0.2) is 0 Å². The molecule has 0 saturated heterocycles. The molecular formula is C17H33N3O2S. The zero-order valence-electron chi connectivity index (χ0n) is 14.7. The molecular weight excluding hydrogens is 310 g/mol. The maximum absolute atomic E-state index is 9.97. The van der Waals surface area contributed by atoms with Crippen LogP contribution in [0.1, 0.15) is 74.7 Å². The van der Waals surface area contributed by atoms with Crippen LogP contribution in [0, 0.1) is 0 Å². The third-order valence-electron chi connectivity index (χ3n) is 3.82. The van der Waals surface area contributed by atoms with Crippen molar-refractivity contribution in [2.75, 3.05) is 13.7 Å². The molecule has 1 unspecified atom stereocenters. The molecule has 0 amide bonds. The number of methoxy groups -OCH3 is 1. The average Bonchev–Trinajstić information content (AvgIpc) is 2.98. The Balaban J connectivity index is 1.94. The lowest BCUT2D eigenvalue weighted by Crippen LogP contribution is -2.26. The van der Waals surface area contributed by atoms with Gasteiger partial charge in [-0.3, -0.25) is 0 Å². The topological polar surface area (TPSA) is 67.3 Å². The SMILES string of the molecule is CCCCCCCCCCC(O)CNCc1nnc(COC)s1. The van der Waals surface area contributed by atoms with Gasteiger partial charge in [-0.05, 0) is 6.42 Å². The fourth-order valence-electron chi connectivity index (χ4n) is 2.50. The number of aromatic nitrogens is 2. The summed E-state index contributed by atoms with van der Waals surface area (Å²) in [7, 11) is 1.65. The fraction of sp³-hybridized carbons (Fsp3) is 0.882. The zero-order chi connectivity index (χ0) is 16.8. The summed E-state index contributed by atoms with van der Waals surface area (Å²) in [6.45, 7) is 4.04. The molecule has 0 aliphatic rings. The van der Waals surface area contributed by atoms with E-state index in [1.165, 1.54) is 44.9 Å². The minimum Gasteiger partial charge on any atom is -0.392 e. The van der Waals surface area contributed by atoms with Crippen LogP contribution in [-0.2, 0) is 17.9 Å². The lowest BCUT2D eigenvalue weighted by Gasteiger charge is -2.10. The molecule has 0 aromatic carbocycles. The summed E-state index contributed by atoms with van der Waals surface area (Å²) in [5.74, 6) is 0. The van der Waals surface area contributed by atoms with Gasteiger partial charge in [0.25, 0.3) is 0 Å². The van der Waals surface area contributed by atoms with Crippen molar-refractivity contribution in [3.63, 3.8) is 0 Å². The van der Waals surface area contributed by atoms with Crippen molar-refractivity contribution >= 4 is 11.3 Å². The molecule has 134 valence electrons. The predicted octanol–water partition coefficient (Wildman–Crippen LogP) is 3.67. The van der Waals surface area contributed by atoms with E-state index in [-0.39, 0.29) is 6.10 Å². The standard InChI is InChI=1S/C17H33N3O2S/c1-3-4-5-6-7-8-9-10-11-15(21)12-18-13-16-19-20-17(23-16)14-22-2/h15,18,21H,3-14H2,1-2H3. The number of ether oxygens (including phenoxy) is 1. The highest BCUT2D eigenvalue weighted by molar-refractivity contribution is 7.11. The van der Waals surface area contributed by atoms with E-state index in [9.17, 15) is 5.11 Å². The summed E-state index contributed by atoms with van der Waals surface area (Å²) >= 11 is 1.55. The van der Waals surface area contributed by atoms with Crippen LogP contribution in [0.2, 0.25) is 0 Å². The first kappa shape index (κ1) is 20.5. The van der Waals surface area contributed by atoms with Gasteiger partial charge in [0.05, 0.1) is 12.7 Å². The minimum atomic E-state index is -0.263. The van der Waals surface area contributed by atoms with Crippen molar-refractivity contribution in [1.82, 2.24) is 15.5 Å². The van der Waals surface area contributed by atoms with Crippen molar-refractivity contribution in [2.24, 2.45) is 0 Å². The maximum atomic E-state index is 9.97. The molecule has 0 bridgehead atoms. The molecule has 6 heteroatoms. The summed E-state index contributed by atoms with van der Waals surface area (Å²) in [5.41, 5.74) is 0. The van der Waals surface area contributed by atoms with Crippen LogP contribution in [0.4, 0.5) is 0 Å². The number of nitrogens with one attached hydrogen (secondary N) is 1. The van der Waals surface area contributed by atoms with Crippen LogP contribution in [0.3, 0.4) is 0 Å². The van der Waals surface area contributed by atoms with Crippen LogP contribution in [0.15, 0.2) is 0 Å². The van der Waals surface area contributed by atoms with Crippen molar-refractivity contribution in [3.8, 4) is 0 Å². The average molecular weight is 344 g/mol. The smallest absolute Gasteiger partial charge is 0.143 e. The number of rotatable bonds is 15. The summed E-state index contributed by atoms with van der Waals surface area (Å²) in [6.07, 6.45) is 11.0. The molecule has 1 heterocycles. The van der Waals surface area contributed by atoms with E-state index < -0.39 is 0 Å². The Kier molecular flexibility index (Phi) is 12.3. The fourth-order valence-corrected chi connectivity index (χ4v) is 3.29. The van der Waals surface area contributed by atoms with Gasteiger partial charge in [0, 0.05) is 20.2 Å². The Morgan fingerprint density at radius 2 is 1.70 bits per heavy atom. The van der Waals surface area contributed by atoms with Gasteiger partial charge in [-0.1, -0.05) is 69.6 Å². The quantitative estimate of drug-likeness (QED) is 0.476. The number of hydrogen-bond acceptors (Lipinski definition) is 6. The monoisotopic (exact) mass is 343 g/mol. The first-order valence-electron chi connectivity index (χ1n) is 8.95. The van der Waals surface area contributed by atoms with Crippen molar-refractivity contribution in [2.45, 2.75) is 84.0 Å². The molecule has 1 rings (SSSR count). The third-order valence-corrected chi connectivity index (χ3v) is 4.72. The molecule has 0 aliphatic carbocycles. The molecule has 2 N–H and O–H groups in total. The van der Waals surface area contributed by atoms with Crippen LogP contribution >= 0.6 is 11.3 Å². The normalized spacial score (nSPS) is 12.7. The largest absolute Gasteiger partial charge is 0.392 e. The zero-order valence-corrected chi connectivity index (χ0v) is 15.5. The molecule has 0 spiro atoms. The van der Waals surface area contributed by atoms with E-state index in [1.54, 1.807) is 18.4 Å². The Morgan fingerprint density at radius 1 is 1.04 bits per heavy atom. The number of aliphatic hydroxyl groups excluding tert-OH is 1. The minimum absolute atomic E-state index is 0.263. The highest BCUT2D eigenvalue weighted by Crippen LogP contribution is 2.11. The third kappa shape index (κ3) is 10.8. The summed E-state index contributed by atoms with van der Waals surface area (Å²) in [6, 6.07) is 0. The molecule has 1 aromatic rings. The van der Waals surface area contributed by atoms with E-state index >= 15 is 0 Å². The number of aliphatic hydroxyl groups is 1. The van der Waals surface area contributed by atoms with E-state index in [1.807, 2.05) is 0 Å². The van der Waals surface area contributed by atoms with Gasteiger partial charge >= 0.3 is 0 Å². The Morgan fingerprint density at radius 3 is 2.39 bits per heavy atom. The van der Waals surface area contributed by atoms with Gasteiger partial charge in [-0.15, -0.1) is 10.2 Å². The number of nitrogens with zero attached hydrogens (tertiary/aromatic N) is 2. The van der Waals surface area contributed by atoms with Crippen LogP contribution < -0.4 is 5.32 Å². The first-order valence-corrected chi connectivity index (χ1v) is 9.76. The molecule has 1 atom stereocenters. The van der Waals surface area contributed by atoms with Crippen LogP contribution in [0.25, 0.3) is 0 Å². The molecule has 0 radical (unpaired) electrons. The van der Waals surface area contributed by atoms with Gasteiger partial charge in [0.2, 0.25) is 0 Å². The highest BCUT2D eigenvalue weighted by atomic mass is 32.1. The molecule has 0 fully saturated rings. The molecule has 5 nitrogen and oxygen atoms in total. The lowest BCUT2D eigenvalue weighted by molar-refractivity contribution is 0.157. The van der Waals surface area contributed by atoms with Crippen LogP contribution in [0.5, 0.6) is 0 Å². The lowest BCUT2D eigenvalue weighted by atomic mass is 10.1. The van der Waals surface area contributed by atoms with Crippen molar-refractivity contribution in [1.29, 1.82) is 0 Å². The van der Waals surface area contributed by atoms with Crippen molar-refractivity contribution in [3.05, 3.63) is 10.0 Å².